The van der Waals surface area contributed by atoms with E-state index < -0.39 is 0 Å². The van der Waals surface area contributed by atoms with Crippen LogP contribution in [-0.4, -0.2) is 54.6 Å². The van der Waals surface area contributed by atoms with Gasteiger partial charge in [-0.25, -0.2) is 0 Å². The van der Waals surface area contributed by atoms with Crippen molar-refractivity contribution in [1.82, 2.24) is 15.3 Å². The lowest BCUT2D eigenvalue weighted by atomic mass is 9.98. The molecule has 1 fully saturated rings. The second-order valence-corrected chi connectivity index (χ2v) is 6.73. The summed E-state index contributed by atoms with van der Waals surface area (Å²) in [7, 11) is 1.83. The fraction of sp³-hybridized carbons (Fsp3) is 0.611. The first-order chi connectivity index (χ1) is 11.0. The average molecular weight is 318 g/mol. The van der Waals surface area contributed by atoms with Crippen LogP contribution >= 0.6 is 0 Å². The van der Waals surface area contributed by atoms with Gasteiger partial charge in [-0.05, 0) is 31.4 Å². The van der Waals surface area contributed by atoms with E-state index in [1.807, 2.05) is 42.3 Å². The summed E-state index contributed by atoms with van der Waals surface area (Å²) in [6, 6.07) is 9.81. The normalized spacial score (nSPS) is 20.7. The van der Waals surface area contributed by atoms with Crippen LogP contribution in [0.4, 0.5) is 0 Å². The molecule has 1 unspecified atom stereocenters. The van der Waals surface area contributed by atoms with Gasteiger partial charge in [-0.3, -0.25) is 4.79 Å². The molecular formula is C18H28N3O2-. The van der Waals surface area contributed by atoms with Crippen molar-refractivity contribution >= 4 is 5.91 Å². The lowest BCUT2D eigenvalue weighted by Gasteiger charge is -2.46. The number of hydrogen-bond donors (Lipinski definition) is 1. The van der Waals surface area contributed by atoms with Gasteiger partial charge in [0.1, 0.15) is 0 Å². The van der Waals surface area contributed by atoms with Crippen molar-refractivity contribution in [2.24, 2.45) is 5.92 Å². The van der Waals surface area contributed by atoms with E-state index in [0.717, 1.165) is 17.0 Å². The molecule has 0 saturated carbocycles. The molecule has 1 saturated heterocycles. The lowest BCUT2D eigenvalue weighted by Crippen LogP contribution is -2.58. The van der Waals surface area contributed by atoms with Gasteiger partial charge in [-0.1, -0.05) is 44.2 Å². The first-order valence-corrected chi connectivity index (χ1v) is 8.45. The molecule has 0 spiro atoms. The van der Waals surface area contributed by atoms with Gasteiger partial charge < -0.3 is 20.5 Å². The molecule has 128 valence electrons. The molecule has 0 aromatic heterocycles. The van der Waals surface area contributed by atoms with E-state index in [1.165, 1.54) is 0 Å². The molecule has 0 radical (unpaired) electrons. The highest BCUT2D eigenvalue weighted by Crippen LogP contribution is 2.19. The number of hydrogen-bond acceptors (Lipinski definition) is 4. The standard InChI is InChI=1S/C18H28N3O2/c1-14(2)11-16-13-20(23)9-10-21(16)18(22)17(19-3)12-15-7-5-4-6-8-15/h4-8,14,16-17,19H,9-13H2,1-3H3/q-1/t16?,17-/m0/s1. The number of hydroxylamine groups is 2. The number of carbonyl (C=O) groups excluding carboxylic acids is 1. The Hall–Kier alpha value is -1.43. The highest BCUT2D eigenvalue weighted by atomic mass is 16.5. The maximum atomic E-state index is 13.0. The van der Waals surface area contributed by atoms with Crippen LogP contribution in [0.5, 0.6) is 0 Å². The second-order valence-electron chi connectivity index (χ2n) is 6.73. The fourth-order valence-corrected chi connectivity index (χ4v) is 3.23. The molecule has 1 aliphatic rings. The Labute approximate surface area is 139 Å². The van der Waals surface area contributed by atoms with E-state index in [2.05, 4.69) is 19.2 Å². The minimum atomic E-state index is -0.245. The maximum absolute atomic E-state index is 13.0. The summed E-state index contributed by atoms with van der Waals surface area (Å²) in [5.41, 5.74) is 1.14. The zero-order chi connectivity index (χ0) is 16.8. The molecule has 1 aromatic carbocycles. The highest BCUT2D eigenvalue weighted by Gasteiger charge is 2.31. The predicted molar refractivity (Wildman–Crippen MR) is 92.9 cm³/mol. The molecule has 5 nitrogen and oxygen atoms in total. The quantitative estimate of drug-likeness (QED) is 0.870. The van der Waals surface area contributed by atoms with E-state index in [9.17, 15) is 10.0 Å². The summed E-state index contributed by atoms with van der Waals surface area (Å²) in [5, 5.41) is 16.0. The maximum Gasteiger partial charge on any atom is 0.240 e. The van der Waals surface area contributed by atoms with Crippen molar-refractivity contribution in [3.8, 4) is 0 Å². The van der Waals surface area contributed by atoms with Crippen molar-refractivity contribution in [3.63, 3.8) is 0 Å². The van der Waals surface area contributed by atoms with Gasteiger partial charge in [0.05, 0.1) is 6.04 Å². The topological polar surface area (TPSA) is 58.6 Å². The van der Waals surface area contributed by atoms with Crippen LogP contribution in [-0.2, 0) is 11.2 Å². The van der Waals surface area contributed by atoms with E-state index in [0.29, 0.717) is 32.0 Å². The molecule has 1 N–H and O–H groups in total. The third-order valence-corrected chi connectivity index (χ3v) is 4.40. The monoisotopic (exact) mass is 318 g/mol. The van der Waals surface area contributed by atoms with Gasteiger partial charge in [0, 0.05) is 25.7 Å². The van der Waals surface area contributed by atoms with E-state index in [-0.39, 0.29) is 18.0 Å². The van der Waals surface area contributed by atoms with Gasteiger partial charge in [0.15, 0.2) is 0 Å². The molecule has 1 amide bonds. The van der Waals surface area contributed by atoms with Crippen molar-refractivity contribution in [1.29, 1.82) is 0 Å². The molecule has 23 heavy (non-hydrogen) atoms. The molecule has 2 rings (SSSR count). The van der Waals surface area contributed by atoms with Crippen LogP contribution in [0.25, 0.3) is 0 Å². The van der Waals surface area contributed by atoms with Crippen molar-refractivity contribution < 1.29 is 4.79 Å². The molecule has 1 aromatic rings. The third kappa shape index (κ3) is 5.03. The Balaban J connectivity index is 2.07. The predicted octanol–water partition coefficient (Wildman–Crippen LogP) is 1.87. The number of piperazine rings is 1. The Bertz CT molecular complexity index is 490. The summed E-state index contributed by atoms with van der Waals surface area (Å²) in [6.45, 7) is 5.61. The van der Waals surface area contributed by atoms with Crippen LogP contribution < -0.4 is 5.32 Å². The van der Waals surface area contributed by atoms with E-state index in [4.69, 9.17) is 0 Å². The lowest BCUT2D eigenvalue weighted by molar-refractivity contribution is -0.138. The zero-order valence-corrected chi connectivity index (χ0v) is 14.4. The van der Waals surface area contributed by atoms with Crippen molar-refractivity contribution in [3.05, 3.63) is 41.1 Å². The molecule has 1 heterocycles. The van der Waals surface area contributed by atoms with Crippen LogP contribution in [0, 0.1) is 11.1 Å². The van der Waals surface area contributed by atoms with Crippen molar-refractivity contribution in [2.75, 3.05) is 26.7 Å². The Kier molecular flexibility index (Phi) is 6.57. The largest absolute Gasteiger partial charge is 0.785 e. The SMILES string of the molecule is CN[C@@H](Cc1ccccc1)C(=O)N1CCN([O-])CC1CC(C)C. The van der Waals surface area contributed by atoms with Crippen LogP contribution in [0.15, 0.2) is 30.3 Å². The smallest absolute Gasteiger partial charge is 0.240 e. The van der Waals surface area contributed by atoms with Gasteiger partial charge in [0.25, 0.3) is 0 Å². The number of benzene rings is 1. The Morgan fingerprint density at radius 2 is 2.00 bits per heavy atom. The number of rotatable bonds is 6. The molecule has 5 heteroatoms. The second kappa shape index (κ2) is 8.43. The van der Waals surface area contributed by atoms with Gasteiger partial charge >= 0.3 is 0 Å². The van der Waals surface area contributed by atoms with Gasteiger partial charge in [0.2, 0.25) is 5.91 Å². The number of nitrogens with one attached hydrogen (secondary N) is 1. The first-order valence-electron chi connectivity index (χ1n) is 8.45. The van der Waals surface area contributed by atoms with Gasteiger partial charge in [-0.15, -0.1) is 0 Å². The summed E-state index contributed by atoms with van der Waals surface area (Å²) in [6.07, 6.45) is 1.54. The zero-order valence-electron chi connectivity index (χ0n) is 14.4. The number of carbonyl (C=O) groups is 1. The minimum absolute atomic E-state index is 0.0142. The van der Waals surface area contributed by atoms with Gasteiger partial charge in [-0.2, -0.15) is 0 Å². The highest BCUT2D eigenvalue weighted by molar-refractivity contribution is 5.82. The summed E-state index contributed by atoms with van der Waals surface area (Å²) in [4.78, 5) is 14.9. The summed E-state index contributed by atoms with van der Waals surface area (Å²) < 4.78 is 0. The number of likely N-dealkylation sites (N-methyl/N-ethyl adjacent to an activating group) is 1. The number of amides is 1. The first kappa shape index (κ1) is 17.9. The van der Waals surface area contributed by atoms with E-state index >= 15 is 0 Å². The van der Waals surface area contributed by atoms with Crippen molar-refractivity contribution in [2.45, 2.75) is 38.8 Å². The average Bonchev–Trinajstić information content (AvgIpc) is 2.52. The van der Waals surface area contributed by atoms with Crippen LogP contribution in [0.3, 0.4) is 0 Å². The summed E-state index contributed by atoms with van der Waals surface area (Å²) >= 11 is 0. The fourth-order valence-electron chi connectivity index (χ4n) is 3.23. The molecule has 0 bridgehead atoms. The summed E-state index contributed by atoms with van der Waals surface area (Å²) in [5.74, 6) is 0.569. The molecule has 2 atom stereocenters. The van der Waals surface area contributed by atoms with E-state index in [1.54, 1.807) is 0 Å². The minimum Gasteiger partial charge on any atom is -0.785 e. The molecule has 0 aliphatic carbocycles. The number of nitrogens with zero attached hydrogens (tertiary/aromatic N) is 2. The Morgan fingerprint density at radius 3 is 2.61 bits per heavy atom. The molecule has 1 aliphatic heterocycles. The molecular weight excluding hydrogens is 290 g/mol. The Morgan fingerprint density at radius 1 is 1.30 bits per heavy atom. The van der Waals surface area contributed by atoms with Crippen LogP contribution in [0.1, 0.15) is 25.8 Å². The third-order valence-electron chi connectivity index (χ3n) is 4.40. The van der Waals surface area contributed by atoms with Crippen LogP contribution in [0.2, 0.25) is 0 Å².